The molecule has 0 atom stereocenters. The molecule has 0 saturated heterocycles. The molecule has 0 fully saturated rings. The van der Waals surface area contributed by atoms with Crippen LogP contribution in [0.4, 0.5) is 26.3 Å². The lowest BCUT2D eigenvalue weighted by atomic mass is 10.3. The normalized spacial score (nSPS) is 14.6. The van der Waals surface area contributed by atoms with Crippen molar-refractivity contribution in [1.29, 1.82) is 10.5 Å². The fourth-order valence-corrected chi connectivity index (χ4v) is 2.40. The molecule has 0 amide bonds. The van der Waals surface area contributed by atoms with Crippen LogP contribution in [0.25, 0.3) is 0 Å². The standard InChI is InChI=1S/C6H2F6N2O5S2/c7-4(8,6(11,12)21(17,18)19)5(9,10)20(15,16)3(1-13)2-14/h3H,(H,17,18,19). The topological polar surface area (TPSA) is 136 Å². The molecule has 0 aromatic rings. The Hall–Kier alpha value is -1.58. The van der Waals surface area contributed by atoms with Crippen LogP contribution in [0.2, 0.25) is 0 Å². The van der Waals surface area contributed by atoms with Crippen LogP contribution < -0.4 is 0 Å². The number of hydrogen-bond donors (Lipinski definition) is 1. The predicted octanol–water partition coefficient (Wildman–Crippen LogP) is 0.526. The fraction of sp³-hybridized carbons (Fsp3) is 0.667. The second-order valence-corrected chi connectivity index (χ2v) is 6.80. The maximum Gasteiger partial charge on any atom is 0.439 e. The predicted molar refractivity (Wildman–Crippen MR) is 50.3 cm³/mol. The lowest BCUT2D eigenvalue weighted by molar-refractivity contribution is -0.245. The largest absolute Gasteiger partial charge is 0.439 e. The van der Waals surface area contributed by atoms with Gasteiger partial charge in [0, 0.05) is 0 Å². The number of nitriles is 2. The van der Waals surface area contributed by atoms with Crippen molar-refractivity contribution >= 4 is 20.0 Å². The number of sulfone groups is 1. The third-order valence-electron chi connectivity index (χ3n) is 1.96. The van der Waals surface area contributed by atoms with E-state index in [1.165, 1.54) is 0 Å². The number of alkyl halides is 6. The Labute approximate surface area is 113 Å². The van der Waals surface area contributed by atoms with Gasteiger partial charge < -0.3 is 0 Å². The summed E-state index contributed by atoms with van der Waals surface area (Å²) < 4.78 is 127. The van der Waals surface area contributed by atoms with Gasteiger partial charge in [-0.2, -0.15) is 45.3 Å². The highest BCUT2D eigenvalue weighted by Gasteiger charge is 2.82. The fourth-order valence-electron chi connectivity index (χ4n) is 0.826. The summed E-state index contributed by atoms with van der Waals surface area (Å²) in [4.78, 5) is 0. The molecule has 1 N–H and O–H groups in total. The van der Waals surface area contributed by atoms with Gasteiger partial charge in [0.05, 0.1) is 12.1 Å². The molecule has 7 nitrogen and oxygen atoms in total. The third kappa shape index (κ3) is 2.52. The van der Waals surface area contributed by atoms with E-state index in [4.69, 9.17) is 15.1 Å². The van der Waals surface area contributed by atoms with Crippen LogP contribution in [-0.2, 0) is 20.0 Å². The Morgan fingerprint density at radius 3 is 1.43 bits per heavy atom. The minimum Gasteiger partial charge on any atom is -0.281 e. The van der Waals surface area contributed by atoms with Gasteiger partial charge >= 0.3 is 26.5 Å². The summed E-state index contributed by atoms with van der Waals surface area (Å²) in [5.41, 5.74) is 0. The van der Waals surface area contributed by atoms with Crippen molar-refractivity contribution in [2.24, 2.45) is 0 Å². The molecule has 0 heterocycles. The lowest BCUT2D eigenvalue weighted by Crippen LogP contribution is -2.61. The van der Waals surface area contributed by atoms with Crippen LogP contribution in [0.15, 0.2) is 0 Å². The summed E-state index contributed by atoms with van der Waals surface area (Å²) in [7, 11) is -14.0. The van der Waals surface area contributed by atoms with Gasteiger partial charge in [0.25, 0.3) is 9.84 Å². The zero-order chi connectivity index (χ0) is 17.5. The second kappa shape index (κ2) is 5.00. The molecule has 0 aliphatic rings. The van der Waals surface area contributed by atoms with Crippen molar-refractivity contribution in [1.82, 2.24) is 0 Å². The van der Waals surface area contributed by atoms with E-state index in [0.29, 0.717) is 12.1 Å². The van der Waals surface area contributed by atoms with Crippen molar-refractivity contribution in [3.05, 3.63) is 0 Å². The average Bonchev–Trinajstić information content (AvgIpc) is 2.27. The number of nitrogens with zero attached hydrogens (tertiary/aromatic N) is 2. The molecule has 0 unspecified atom stereocenters. The van der Waals surface area contributed by atoms with Crippen molar-refractivity contribution in [3.8, 4) is 12.1 Å². The first-order valence-corrected chi connectivity index (χ1v) is 7.14. The molecule has 0 saturated carbocycles. The van der Waals surface area contributed by atoms with Crippen molar-refractivity contribution in [2.75, 3.05) is 0 Å². The van der Waals surface area contributed by atoms with Crippen LogP contribution in [-0.4, -0.2) is 43.1 Å². The van der Waals surface area contributed by atoms with Gasteiger partial charge in [0.2, 0.25) is 5.25 Å². The first-order valence-electron chi connectivity index (χ1n) is 4.15. The van der Waals surface area contributed by atoms with Gasteiger partial charge in [-0.15, -0.1) is 0 Å². The monoisotopic (exact) mass is 360 g/mol. The van der Waals surface area contributed by atoms with Crippen molar-refractivity contribution < 1.29 is 47.7 Å². The van der Waals surface area contributed by atoms with Crippen LogP contribution in [0, 0.1) is 22.7 Å². The van der Waals surface area contributed by atoms with Crippen molar-refractivity contribution in [2.45, 2.75) is 21.7 Å². The van der Waals surface area contributed by atoms with Crippen molar-refractivity contribution in [3.63, 3.8) is 0 Å². The molecular formula is C6H2F6N2O5S2. The lowest BCUT2D eigenvalue weighted by Gasteiger charge is -2.30. The van der Waals surface area contributed by atoms with E-state index in [2.05, 4.69) is 0 Å². The Morgan fingerprint density at radius 1 is 0.857 bits per heavy atom. The number of rotatable bonds is 5. The maximum absolute atomic E-state index is 13.1. The smallest absolute Gasteiger partial charge is 0.281 e. The molecule has 120 valence electrons. The van der Waals surface area contributed by atoms with Gasteiger partial charge in [-0.3, -0.25) is 4.55 Å². The summed E-state index contributed by atoms with van der Waals surface area (Å²) in [6.07, 6.45) is 0. The molecule has 0 aromatic carbocycles. The zero-order valence-corrected chi connectivity index (χ0v) is 10.8. The van der Waals surface area contributed by atoms with E-state index in [-0.39, 0.29) is 0 Å². The van der Waals surface area contributed by atoms with E-state index >= 15 is 0 Å². The third-order valence-corrected chi connectivity index (χ3v) is 4.66. The Balaban J connectivity index is 6.43. The van der Waals surface area contributed by atoms with E-state index < -0.39 is 41.6 Å². The molecule has 0 aliphatic heterocycles. The van der Waals surface area contributed by atoms with Crippen LogP contribution in [0.3, 0.4) is 0 Å². The van der Waals surface area contributed by atoms with Gasteiger partial charge in [0.1, 0.15) is 0 Å². The van der Waals surface area contributed by atoms with E-state index in [1.54, 1.807) is 0 Å². The second-order valence-electron chi connectivity index (χ2n) is 3.27. The number of halogens is 6. The highest BCUT2D eigenvalue weighted by atomic mass is 32.2. The minimum atomic E-state index is -7.15. The highest BCUT2D eigenvalue weighted by Crippen LogP contribution is 2.51. The molecule has 0 spiro atoms. The first kappa shape index (κ1) is 19.4. The molecule has 0 rings (SSSR count). The quantitative estimate of drug-likeness (QED) is 0.558. The Morgan fingerprint density at radius 2 is 1.19 bits per heavy atom. The maximum atomic E-state index is 13.1. The molecule has 0 radical (unpaired) electrons. The summed E-state index contributed by atoms with van der Waals surface area (Å²) in [6, 6.07) is 0.682. The molecule has 15 heteroatoms. The van der Waals surface area contributed by atoms with E-state index in [1.807, 2.05) is 0 Å². The van der Waals surface area contributed by atoms with E-state index in [0.717, 1.165) is 0 Å². The Kier molecular flexibility index (Phi) is 4.63. The van der Waals surface area contributed by atoms with Crippen LogP contribution in [0.1, 0.15) is 0 Å². The summed E-state index contributed by atoms with van der Waals surface area (Å²) in [6.45, 7) is 0. The van der Waals surface area contributed by atoms with Gasteiger partial charge in [-0.1, -0.05) is 0 Å². The average molecular weight is 360 g/mol. The Bertz CT molecular complexity index is 702. The van der Waals surface area contributed by atoms with Gasteiger partial charge in [0.15, 0.2) is 0 Å². The molecule has 0 bridgehead atoms. The SMILES string of the molecule is N#CC(C#N)S(=O)(=O)C(F)(F)C(F)(F)C(F)(F)S(=O)(=O)O. The van der Waals surface area contributed by atoms with Gasteiger partial charge in [-0.05, 0) is 0 Å². The molecule has 0 aliphatic carbocycles. The van der Waals surface area contributed by atoms with Crippen LogP contribution in [0.5, 0.6) is 0 Å². The summed E-state index contributed by atoms with van der Waals surface area (Å²) in [5.74, 6) is -7.15. The highest BCUT2D eigenvalue weighted by molar-refractivity contribution is 7.93. The van der Waals surface area contributed by atoms with Crippen LogP contribution >= 0.6 is 0 Å². The van der Waals surface area contributed by atoms with E-state index in [9.17, 15) is 43.2 Å². The zero-order valence-electron chi connectivity index (χ0n) is 9.14. The molecule has 21 heavy (non-hydrogen) atoms. The molecular weight excluding hydrogens is 358 g/mol. The molecule has 0 aromatic heterocycles. The summed E-state index contributed by atoms with van der Waals surface area (Å²) in [5, 5.41) is -1.07. The minimum absolute atomic E-state index is 0.341. The first-order chi connectivity index (χ1) is 9.02. The number of hydrogen-bond acceptors (Lipinski definition) is 6. The van der Waals surface area contributed by atoms with Gasteiger partial charge in [-0.25, -0.2) is 8.42 Å². The summed E-state index contributed by atoms with van der Waals surface area (Å²) >= 11 is 0.